The molecule has 1 atom stereocenters. The molecule has 1 amide bonds. The lowest BCUT2D eigenvalue weighted by atomic mass is 9.99. The first-order chi connectivity index (χ1) is 15.2. The lowest BCUT2D eigenvalue weighted by Crippen LogP contribution is -2.56. The molecular formula is C23H22ClN3O4. The van der Waals surface area contributed by atoms with Crippen molar-refractivity contribution in [3.05, 3.63) is 59.3 Å². The van der Waals surface area contributed by atoms with Gasteiger partial charge in [-0.1, -0.05) is 11.6 Å². The molecule has 0 spiro atoms. The number of amides is 1. The van der Waals surface area contributed by atoms with Gasteiger partial charge in [-0.3, -0.25) is 9.80 Å². The van der Waals surface area contributed by atoms with Gasteiger partial charge in [0.1, 0.15) is 12.8 Å². The zero-order chi connectivity index (χ0) is 20.9. The van der Waals surface area contributed by atoms with Gasteiger partial charge in [0.25, 0.3) is 0 Å². The highest BCUT2D eigenvalue weighted by molar-refractivity contribution is 6.30. The summed E-state index contributed by atoms with van der Waals surface area (Å²) in [5.74, 6) is 1.58. The van der Waals surface area contributed by atoms with E-state index in [4.69, 9.17) is 25.8 Å². The summed E-state index contributed by atoms with van der Waals surface area (Å²) >= 11 is 6.13. The topological polar surface area (TPSA) is 54.5 Å². The van der Waals surface area contributed by atoms with E-state index in [2.05, 4.69) is 28.1 Å². The van der Waals surface area contributed by atoms with Crippen LogP contribution in [0.1, 0.15) is 18.4 Å². The summed E-state index contributed by atoms with van der Waals surface area (Å²) in [7, 11) is 0. The average Bonchev–Trinajstić information content (AvgIpc) is 3.22. The maximum absolute atomic E-state index is 12.6. The predicted octanol–water partition coefficient (Wildman–Crippen LogP) is 4.35. The number of fused-ring (bicyclic) bond motifs is 2. The minimum atomic E-state index is -0.265. The summed E-state index contributed by atoms with van der Waals surface area (Å²) in [6, 6.07) is 11.8. The molecular weight excluding hydrogens is 418 g/mol. The smallest absolute Gasteiger partial charge is 0.414 e. The Kier molecular flexibility index (Phi) is 4.47. The number of nitrogens with zero attached hydrogens (tertiary/aromatic N) is 3. The second kappa shape index (κ2) is 7.35. The number of ether oxygens (including phenoxy) is 3. The summed E-state index contributed by atoms with van der Waals surface area (Å²) in [6.07, 6.45) is 6.01. The summed E-state index contributed by atoms with van der Waals surface area (Å²) in [5.41, 5.74) is 2.97. The first kappa shape index (κ1) is 18.8. The zero-order valence-electron chi connectivity index (χ0n) is 16.9. The molecule has 160 valence electrons. The number of likely N-dealkylation sites (tertiary alicyclic amines) is 1. The second-order valence-corrected chi connectivity index (χ2v) is 8.60. The number of cyclic esters (lactones) is 1. The van der Waals surface area contributed by atoms with Crippen LogP contribution in [-0.2, 0) is 11.3 Å². The zero-order valence-corrected chi connectivity index (χ0v) is 17.6. The highest BCUT2D eigenvalue weighted by Gasteiger charge is 2.37. The molecule has 0 N–H and O–H groups in total. The molecule has 0 bridgehead atoms. The Bertz CT molecular complexity index is 1070. The van der Waals surface area contributed by atoms with E-state index in [1.54, 1.807) is 0 Å². The largest absolute Gasteiger partial charge is 0.454 e. The Morgan fingerprint density at radius 2 is 1.81 bits per heavy atom. The van der Waals surface area contributed by atoms with Gasteiger partial charge < -0.3 is 19.1 Å². The number of hydrogen-bond acceptors (Lipinski definition) is 6. The molecule has 1 fully saturated rings. The van der Waals surface area contributed by atoms with Crippen LogP contribution in [-0.4, -0.2) is 43.1 Å². The van der Waals surface area contributed by atoms with Crippen LogP contribution in [0.4, 0.5) is 16.2 Å². The van der Waals surface area contributed by atoms with Crippen molar-refractivity contribution in [1.82, 2.24) is 4.90 Å². The van der Waals surface area contributed by atoms with Crippen molar-refractivity contribution < 1.29 is 19.0 Å². The fourth-order valence-electron chi connectivity index (χ4n) is 4.80. The molecule has 1 saturated heterocycles. The standard InChI is InChI=1S/C23H22ClN3O4/c24-16-1-3-19-15(11-16)13-29-23(28)27(19)17-5-8-25(9-6-17)22-7-10-26(22)18-2-4-20-21(12-18)31-14-30-20/h1-4,7,10-12,17,22H,5-6,8-9,13-14H2. The van der Waals surface area contributed by atoms with E-state index in [1.165, 1.54) is 0 Å². The van der Waals surface area contributed by atoms with E-state index in [1.807, 2.05) is 35.2 Å². The monoisotopic (exact) mass is 439 g/mol. The Labute approximate surface area is 185 Å². The summed E-state index contributed by atoms with van der Waals surface area (Å²) in [4.78, 5) is 19.1. The molecule has 2 aromatic rings. The molecule has 0 aromatic heterocycles. The summed E-state index contributed by atoms with van der Waals surface area (Å²) in [6.45, 7) is 2.35. The fraction of sp³-hybridized carbons (Fsp3) is 0.348. The molecule has 6 rings (SSSR count). The number of piperidine rings is 1. The van der Waals surface area contributed by atoms with Crippen LogP contribution in [0.2, 0.25) is 5.02 Å². The van der Waals surface area contributed by atoms with Crippen LogP contribution in [0.5, 0.6) is 11.5 Å². The molecule has 4 heterocycles. The Balaban J connectivity index is 1.15. The van der Waals surface area contributed by atoms with Gasteiger partial charge in [0.2, 0.25) is 6.79 Å². The van der Waals surface area contributed by atoms with Crippen molar-refractivity contribution in [2.75, 3.05) is 29.7 Å². The molecule has 0 aliphatic carbocycles. The molecule has 7 nitrogen and oxygen atoms in total. The van der Waals surface area contributed by atoms with E-state index >= 15 is 0 Å². The van der Waals surface area contributed by atoms with Gasteiger partial charge in [-0.2, -0.15) is 0 Å². The van der Waals surface area contributed by atoms with Gasteiger partial charge in [0.15, 0.2) is 11.5 Å². The van der Waals surface area contributed by atoms with E-state index in [-0.39, 0.29) is 31.7 Å². The number of anilines is 2. The van der Waals surface area contributed by atoms with Gasteiger partial charge in [-0.25, -0.2) is 4.79 Å². The van der Waals surface area contributed by atoms with Crippen molar-refractivity contribution in [1.29, 1.82) is 0 Å². The van der Waals surface area contributed by atoms with Crippen LogP contribution < -0.4 is 19.3 Å². The molecule has 2 aromatic carbocycles. The van der Waals surface area contributed by atoms with Crippen LogP contribution in [0.25, 0.3) is 0 Å². The SMILES string of the molecule is O=C1OCc2cc(Cl)ccc2N1C1CCN(C2C=CN2c2ccc3c(c2)OCO3)CC1. The number of halogens is 1. The summed E-state index contributed by atoms with van der Waals surface area (Å²) in [5, 5.41) is 0.659. The molecule has 8 heteroatoms. The Morgan fingerprint density at radius 1 is 0.968 bits per heavy atom. The molecule has 0 saturated carbocycles. The number of rotatable bonds is 3. The van der Waals surface area contributed by atoms with Crippen molar-refractivity contribution in [3.63, 3.8) is 0 Å². The number of carbonyl (C=O) groups excluding carboxylic acids is 1. The van der Waals surface area contributed by atoms with Crippen LogP contribution in [0, 0.1) is 0 Å². The first-order valence-electron chi connectivity index (χ1n) is 10.5. The second-order valence-electron chi connectivity index (χ2n) is 8.16. The highest BCUT2D eigenvalue weighted by Crippen LogP contribution is 2.39. The van der Waals surface area contributed by atoms with Crippen molar-refractivity contribution in [3.8, 4) is 11.5 Å². The lowest BCUT2D eigenvalue weighted by molar-refractivity contribution is 0.127. The minimum Gasteiger partial charge on any atom is -0.454 e. The fourth-order valence-corrected chi connectivity index (χ4v) is 4.99. The molecule has 4 aliphatic heterocycles. The maximum atomic E-state index is 12.6. The van der Waals surface area contributed by atoms with E-state index < -0.39 is 0 Å². The average molecular weight is 440 g/mol. The quantitative estimate of drug-likeness (QED) is 0.708. The Morgan fingerprint density at radius 3 is 2.61 bits per heavy atom. The van der Waals surface area contributed by atoms with E-state index in [0.29, 0.717) is 5.02 Å². The minimum absolute atomic E-state index is 0.118. The maximum Gasteiger partial charge on any atom is 0.414 e. The van der Waals surface area contributed by atoms with Gasteiger partial charge in [-0.05, 0) is 49.2 Å². The Hall–Kier alpha value is -2.90. The third-order valence-electron chi connectivity index (χ3n) is 6.45. The number of carbonyl (C=O) groups is 1. The third kappa shape index (κ3) is 3.20. The van der Waals surface area contributed by atoms with Gasteiger partial charge in [0.05, 0.1) is 5.69 Å². The van der Waals surface area contributed by atoms with Crippen LogP contribution in [0.15, 0.2) is 48.7 Å². The summed E-state index contributed by atoms with van der Waals surface area (Å²) < 4.78 is 16.4. The highest BCUT2D eigenvalue weighted by atomic mass is 35.5. The molecule has 4 aliphatic rings. The van der Waals surface area contributed by atoms with Crippen molar-refractivity contribution in [2.24, 2.45) is 0 Å². The molecule has 31 heavy (non-hydrogen) atoms. The van der Waals surface area contributed by atoms with Gasteiger partial charge in [0, 0.05) is 47.7 Å². The third-order valence-corrected chi connectivity index (χ3v) is 6.68. The first-order valence-corrected chi connectivity index (χ1v) is 10.9. The normalized spacial score (nSPS) is 22.9. The van der Waals surface area contributed by atoms with Gasteiger partial charge >= 0.3 is 6.09 Å². The number of hydrogen-bond donors (Lipinski definition) is 0. The molecule has 0 radical (unpaired) electrons. The van der Waals surface area contributed by atoms with Crippen LogP contribution in [0.3, 0.4) is 0 Å². The lowest BCUT2D eigenvalue weighted by Gasteiger charge is -2.47. The van der Waals surface area contributed by atoms with Gasteiger partial charge in [-0.15, -0.1) is 0 Å². The number of benzene rings is 2. The van der Waals surface area contributed by atoms with E-state index in [9.17, 15) is 4.79 Å². The van der Waals surface area contributed by atoms with Crippen LogP contribution >= 0.6 is 11.6 Å². The van der Waals surface area contributed by atoms with E-state index in [0.717, 1.165) is 54.4 Å². The molecule has 1 unspecified atom stereocenters. The van der Waals surface area contributed by atoms with Crippen molar-refractivity contribution in [2.45, 2.75) is 31.7 Å². The van der Waals surface area contributed by atoms with Crippen molar-refractivity contribution >= 4 is 29.1 Å². The predicted molar refractivity (Wildman–Crippen MR) is 117 cm³/mol.